The van der Waals surface area contributed by atoms with Crippen LogP contribution in [0.25, 0.3) is 0 Å². The first kappa shape index (κ1) is 19.9. The molecule has 5 nitrogen and oxygen atoms in total. The summed E-state index contributed by atoms with van der Waals surface area (Å²) in [4.78, 5) is 14.9. The Morgan fingerprint density at radius 1 is 1.14 bits per heavy atom. The number of para-hydroxylation sites is 2. The van der Waals surface area contributed by atoms with Crippen molar-refractivity contribution in [2.75, 3.05) is 11.9 Å². The fourth-order valence-corrected chi connectivity index (χ4v) is 3.38. The highest BCUT2D eigenvalue weighted by molar-refractivity contribution is 6.02. The normalized spacial score (nSPS) is 17.1. The summed E-state index contributed by atoms with van der Waals surface area (Å²) in [7, 11) is 0. The van der Waals surface area contributed by atoms with E-state index in [1.807, 2.05) is 19.9 Å². The van der Waals surface area contributed by atoms with Crippen molar-refractivity contribution in [2.45, 2.75) is 46.0 Å². The van der Waals surface area contributed by atoms with Crippen molar-refractivity contribution in [2.24, 2.45) is 0 Å². The first-order chi connectivity index (χ1) is 13.5. The molecule has 1 aliphatic heterocycles. The van der Waals surface area contributed by atoms with E-state index in [0.717, 1.165) is 0 Å². The number of nitrogens with zero attached hydrogens (tertiary/aromatic N) is 1. The monoisotopic (exact) mass is 390 g/mol. The topological polar surface area (TPSA) is 50.8 Å². The second kappa shape index (κ2) is 8.46. The maximum Gasteiger partial charge on any atom is 0.387 e. The second-order valence-corrected chi connectivity index (χ2v) is 6.55. The predicted molar refractivity (Wildman–Crippen MR) is 103 cm³/mol. The fourth-order valence-electron chi connectivity index (χ4n) is 3.38. The van der Waals surface area contributed by atoms with Gasteiger partial charge in [0, 0.05) is 17.3 Å². The van der Waals surface area contributed by atoms with E-state index in [0.29, 0.717) is 29.8 Å². The summed E-state index contributed by atoms with van der Waals surface area (Å²) in [6.07, 6.45) is 0.0499. The van der Waals surface area contributed by atoms with Gasteiger partial charge in [-0.2, -0.15) is 8.78 Å². The van der Waals surface area contributed by atoms with E-state index in [2.05, 4.69) is 5.32 Å². The van der Waals surface area contributed by atoms with Crippen LogP contribution in [0.3, 0.4) is 0 Å². The Bertz CT molecular complexity index is 844. The van der Waals surface area contributed by atoms with Crippen molar-refractivity contribution in [3.63, 3.8) is 0 Å². The van der Waals surface area contributed by atoms with E-state index >= 15 is 0 Å². The number of hydrogen-bond donors (Lipinski definition) is 1. The van der Waals surface area contributed by atoms with Crippen LogP contribution in [0.15, 0.2) is 42.5 Å². The number of carbonyl (C=O) groups is 1. The molecule has 0 saturated heterocycles. The molecule has 0 unspecified atom stereocenters. The van der Waals surface area contributed by atoms with Gasteiger partial charge in [-0.1, -0.05) is 31.2 Å². The number of ether oxygens (including phenoxy) is 2. The third-order valence-corrected chi connectivity index (χ3v) is 4.84. The van der Waals surface area contributed by atoms with Gasteiger partial charge in [0.2, 0.25) is 0 Å². The lowest BCUT2D eigenvalue weighted by atomic mass is 10.00. The molecule has 1 amide bonds. The molecule has 2 aromatic carbocycles. The number of alkyl halides is 2. The average Bonchev–Trinajstić information content (AvgIpc) is 2.68. The number of nitrogens with one attached hydrogen (secondary N) is 1. The van der Waals surface area contributed by atoms with Crippen LogP contribution < -0.4 is 14.8 Å². The van der Waals surface area contributed by atoms with E-state index < -0.39 is 12.8 Å². The zero-order valence-electron chi connectivity index (χ0n) is 16.1. The van der Waals surface area contributed by atoms with Crippen molar-refractivity contribution >= 4 is 11.6 Å². The van der Waals surface area contributed by atoms with Gasteiger partial charge >= 0.3 is 6.61 Å². The summed E-state index contributed by atoms with van der Waals surface area (Å²) in [5.74, 6) is 0.00773. The Hall–Kier alpha value is -2.83. The molecule has 7 heteroatoms. The molecule has 3 rings (SSSR count). The molecule has 0 aromatic heterocycles. The van der Waals surface area contributed by atoms with Crippen molar-refractivity contribution in [1.82, 2.24) is 4.90 Å². The van der Waals surface area contributed by atoms with Gasteiger partial charge in [-0.15, -0.1) is 0 Å². The molecule has 1 N–H and O–H groups in total. The molecular formula is C21H24F2N2O3. The number of fused-ring (bicyclic) bond motifs is 1. The minimum Gasteiger partial charge on any atom is -0.490 e. The van der Waals surface area contributed by atoms with E-state index in [9.17, 15) is 13.6 Å². The Balaban J connectivity index is 2.14. The molecule has 2 atom stereocenters. The van der Waals surface area contributed by atoms with Gasteiger partial charge in [-0.05, 0) is 38.5 Å². The molecule has 0 aliphatic carbocycles. The highest BCUT2D eigenvalue weighted by atomic mass is 19.3. The van der Waals surface area contributed by atoms with Crippen LogP contribution >= 0.6 is 0 Å². The van der Waals surface area contributed by atoms with Crippen molar-refractivity contribution in [3.8, 4) is 11.5 Å². The predicted octanol–water partition coefficient (Wildman–Crippen LogP) is 5.05. The number of amides is 1. The molecule has 0 spiro atoms. The molecular weight excluding hydrogens is 366 g/mol. The molecule has 150 valence electrons. The van der Waals surface area contributed by atoms with Crippen LogP contribution in [-0.2, 0) is 0 Å². The zero-order valence-corrected chi connectivity index (χ0v) is 16.1. The van der Waals surface area contributed by atoms with Crippen LogP contribution in [0.2, 0.25) is 0 Å². The van der Waals surface area contributed by atoms with Gasteiger partial charge in [-0.3, -0.25) is 4.79 Å². The zero-order chi connectivity index (χ0) is 20.3. The number of benzene rings is 2. The summed E-state index contributed by atoms with van der Waals surface area (Å²) < 4.78 is 36.6. The number of halogens is 2. The lowest BCUT2D eigenvalue weighted by molar-refractivity contribution is -0.0526. The minimum atomic E-state index is -3.01. The third-order valence-electron chi connectivity index (χ3n) is 4.84. The molecule has 0 radical (unpaired) electrons. The molecule has 0 fully saturated rings. The maximum atomic E-state index is 13.2. The summed E-state index contributed by atoms with van der Waals surface area (Å²) in [5, 5.41) is 3.32. The first-order valence-corrected chi connectivity index (χ1v) is 9.36. The van der Waals surface area contributed by atoms with Crippen molar-refractivity contribution < 1.29 is 23.0 Å². The average molecular weight is 390 g/mol. The smallest absolute Gasteiger partial charge is 0.387 e. The Kier molecular flexibility index (Phi) is 6.02. The van der Waals surface area contributed by atoms with Crippen LogP contribution in [0.4, 0.5) is 14.5 Å². The maximum absolute atomic E-state index is 13.2. The molecule has 0 bridgehead atoms. The van der Waals surface area contributed by atoms with Crippen molar-refractivity contribution in [3.05, 3.63) is 53.6 Å². The summed E-state index contributed by atoms with van der Waals surface area (Å²) >= 11 is 0. The van der Waals surface area contributed by atoms with E-state index in [4.69, 9.17) is 9.47 Å². The van der Waals surface area contributed by atoms with Crippen LogP contribution in [-0.4, -0.2) is 30.1 Å². The largest absolute Gasteiger partial charge is 0.490 e. The van der Waals surface area contributed by atoms with Crippen LogP contribution in [0.5, 0.6) is 11.5 Å². The molecule has 0 saturated carbocycles. The van der Waals surface area contributed by atoms with Gasteiger partial charge in [0.15, 0.2) is 11.5 Å². The van der Waals surface area contributed by atoms with Gasteiger partial charge < -0.3 is 19.7 Å². The second-order valence-electron chi connectivity index (χ2n) is 6.55. The van der Waals surface area contributed by atoms with E-state index in [1.54, 1.807) is 48.2 Å². The number of anilines is 1. The number of rotatable bonds is 7. The fraction of sp³-hybridized carbons (Fsp3) is 0.381. The highest BCUT2D eigenvalue weighted by Crippen LogP contribution is 2.42. The molecule has 2 aromatic rings. The molecule has 28 heavy (non-hydrogen) atoms. The third kappa shape index (κ3) is 3.74. The number of carbonyl (C=O) groups excluding carboxylic acids is 1. The SMILES string of the molecule is CCOc1cccc([C@H]2Nc3ccccc3C(=O)N2[C@H](C)CC)c1OC(F)F. The standard InChI is InChI=1S/C21H24F2N2O3/c1-4-13(3)25-19(24-16-11-7-6-9-14(16)20(25)26)15-10-8-12-17(27-5-2)18(15)28-21(22)23/h6-13,19,21,24H,4-5H2,1-3H3/t13-,19+/m1/s1. The van der Waals surface area contributed by atoms with Crippen LogP contribution in [0.1, 0.15) is 49.3 Å². The van der Waals surface area contributed by atoms with Gasteiger partial charge in [0.05, 0.1) is 12.2 Å². The molecule has 1 aliphatic rings. The highest BCUT2D eigenvalue weighted by Gasteiger charge is 2.37. The van der Waals surface area contributed by atoms with Gasteiger partial charge in [0.1, 0.15) is 6.17 Å². The Labute approximate surface area is 163 Å². The molecule has 1 heterocycles. The van der Waals surface area contributed by atoms with Crippen molar-refractivity contribution in [1.29, 1.82) is 0 Å². The van der Waals surface area contributed by atoms with Gasteiger partial charge in [0.25, 0.3) is 5.91 Å². The Morgan fingerprint density at radius 2 is 1.89 bits per heavy atom. The quantitative estimate of drug-likeness (QED) is 0.719. The van der Waals surface area contributed by atoms with E-state index in [-0.39, 0.29) is 23.4 Å². The summed E-state index contributed by atoms with van der Waals surface area (Å²) in [6, 6.07) is 12.0. The first-order valence-electron chi connectivity index (χ1n) is 9.36. The lowest BCUT2D eigenvalue weighted by Gasteiger charge is -2.42. The Morgan fingerprint density at radius 3 is 2.57 bits per heavy atom. The number of hydrogen-bond acceptors (Lipinski definition) is 4. The summed E-state index contributed by atoms with van der Waals surface area (Å²) in [6.45, 7) is 2.97. The lowest BCUT2D eigenvalue weighted by Crippen LogP contribution is -2.47. The van der Waals surface area contributed by atoms with E-state index in [1.165, 1.54) is 0 Å². The van der Waals surface area contributed by atoms with Crippen LogP contribution in [0, 0.1) is 0 Å². The summed E-state index contributed by atoms with van der Waals surface area (Å²) in [5.41, 5.74) is 1.63. The minimum absolute atomic E-state index is 0.0580. The van der Waals surface area contributed by atoms with Gasteiger partial charge in [-0.25, -0.2) is 0 Å².